The van der Waals surface area contributed by atoms with Crippen molar-refractivity contribution in [3.05, 3.63) is 35.8 Å². The quantitative estimate of drug-likeness (QED) is 0.844. The van der Waals surface area contributed by atoms with Crippen LogP contribution in [0.1, 0.15) is 25.1 Å². The number of hydrogen-bond acceptors (Lipinski definition) is 4. The Morgan fingerprint density at radius 3 is 2.83 bits per heavy atom. The molecule has 2 heterocycles. The number of fused-ring (bicyclic) bond motifs is 1. The van der Waals surface area contributed by atoms with Gasteiger partial charge < -0.3 is 15.0 Å². The van der Waals surface area contributed by atoms with Gasteiger partial charge in [0, 0.05) is 31.7 Å². The first kappa shape index (κ1) is 17.8. The van der Waals surface area contributed by atoms with Crippen LogP contribution in [0.15, 0.2) is 24.5 Å². The normalized spacial score (nSPS) is 11.9. The first-order valence-corrected chi connectivity index (χ1v) is 8.92. The number of carbonyl (C=O) groups is 1. The molecule has 0 atom stereocenters. The summed E-state index contributed by atoms with van der Waals surface area (Å²) in [7, 11) is 1.84. The lowest BCUT2D eigenvalue weighted by Gasteiger charge is -2.29. The topological polar surface area (TPSA) is 63.6 Å². The minimum Gasteiger partial charge on any atom is -0.344 e. The van der Waals surface area contributed by atoms with Gasteiger partial charge in [-0.3, -0.25) is 4.79 Å². The van der Waals surface area contributed by atoms with Crippen molar-refractivity contribution in [2.24, 2.45) is 11.1 Å². The van der Waals surface area contributed by atoms with Crippen LogP contribution in [-0.4, -0.2) is 46.1 Å². The largest absolute Gasteiger partial charge is 0.344 e. The van der Waals surface area contributed by atoms with Gasteiger partial charge in [0.05, 0.1) is 11.4 Å². The first-order valence-electron chi connectivity index (χ1n) is 7.77. The molecule has 6 heteroatoms. The lowest BCUT2D eigenvalue weighted by molar-refractivity contribution is -0.128. The van der Waals surface area contributed by atoms with Crippen LogP contribution < -0.4 is 5.73 Å². The SMILES string of the molecule is Cc1ccc2nc(CSCC(=O)N(C)CC(C)(C)CN)cn2c1. The van der Waals surface area contributed by atoms with E-state index in [-0.39, 0.29) is 11.3 Å². The van der Waals surface area contributed by atoms with Crippen molar-refractivity contribution in [3.63, 3.8) is 0 Å². The van der Waals surface area contributed by atoms with Crippen molar-refractivity contribution in [2.45, 2.75) is 26.5 Å². The van der Waals surface area contributed by atoms with Gasteiger partial charge in [0.1, 0.15) is 5.65 Å². The van der Waals surface area contributed by atoms with Crippen LogP contribution >= 0.6 is 11.8 Å². The van der Waals surface area contributed by atoms with Gasteiger partial charge in [-0.15, -0.1) is 11.8 Å². The summed E-state index contributed by atoms with van der Waals surface area (Å²) < 4.78 is 2.03. The molecular weight excluding hydrogens is 308 g/mol. The van der Waals surface area contributed by atoms with Crippen molar-refractivity contribution in [1.82, 2.24) is 14.3 Å². The highest BCUT2D eigenvalue weighted by Crippen LogP contribution is 2.17. The zero-order valence-electron chi connectivity index (χ0n) is 14.4. The fourth-order valence-electron chi connectivity index (χ4n) is 2.37. The molecule has 0 saturated carbocycles. The summed E-state index contributed by atoms with van der Waals surface area (Å²) in [4.78, 5) is 18.5. The molecule has 0 fully saturated rings. The number of aromatic nitrogens is 2. The van der Waals surface area contributed by atoms with Gasteiger partial charge in [-0.25, -0.2) is 4.98 Å². The van der Waals surface area contributed by atoms with E-state index in [1.54, 1.807) is 16.7 Å². The van der Waals surface area contributed by atoms with E-state index in [1.807, 2.05) is 23.7 Å². The number of imidazole rings is 1. The van der Waals surface area contributed by atoms with E-state index in [9.17, 15) is 4.79 Å². The second-order valence-electron chi connectivity index (χ2n) is 6.82. The average Bonchev–Trinajstić information content (AvgIpc) is 2.88. The first-order chi connectivity index (χ1) is 10.8. The van der Waals surface area contributed by atoms with E-state index in [0.717, 1.165) is 17.1 Å². The Hall–Kier alpha value is -1.53. The molecule has 126 valence electrons. The minimum atomic E-state index is -0.0471. The van der Waals surface area contributed by atoms with Gasteiger partial charge in [-0.1, -0.05) is 19.9 Å². The lowest BCUT2D eigenvalue weighted by atomic mass is 9.93. The zero-order valence-corrected chi connectivity index (χ0v) is 15.2. The predicted molar refractivity (Wildman–Crippen MR) is 96.6 cm³/mol. The second-order valence-corrected chi connectivity index (χ2v) is 7.80. The Morgan fingerprint density at radius 1 is 1.39 bits per heavy atom. The van der Waals surface area contributed by atoms with E-state index in [4.69, 9.17) is 5.73 Å². The smallest absolute Gasteiger partial charge is 0.232 e. The molecule has 23 heavy (non-hydrogen) atoms. The number of nitrogens with two attached hydrogens (primary N) is 1. The van der Waals surface area contributed by atoms with Gasteiger partial charge in [-0.05, 0) is 30.5 Å². The molecule has 5 nitrogen and oxygen atoms in total. The standard InChI is InChI=1S/C17H26N4OS/c1-13-5-6-15-19-14(8-21(15)7-13)9-23-10-16(22)20(4)12-17(2,3)11-18/h5-8H,9-12,18H2,1-4H3. The van der Waals surface area contributed by atoms with Crippen LogP contribution in [-0.2, 0) is 10.5 Å². The third kappa shape index (κ3) is 4.97. The Labute approximate surface area is 142 Å². The highest BCUT2D eigenvalue weighted by molar-refractivity contribution is 7.99. The maximum atomic E-state index is 12.2. The summed E-state index contributed by atoms with van der Waals surface area (Å²) in [5, 5.41) is 0. The molecule has 0 spiro atoms. The molecule has 0 aliphatic heterocycles. The summed E-state index contributed by atoms with van der Waals surface area (Å²) >= 11 is 1.60. The fraction of sp³-hybridized carbons (Fsp3) is 0.529. The molecular formula is C17H26N4OS. The maximum Gasteiger partial charge on any atom is 0.232 e. The summed E-state index contributed by atoms with van der Waals surface area (Å²) in [6.45, 7) is 7.45. The Kier molecular flexibility index (Phi) is 5.70. The summed E-state index contributed by atoms with van der Waals surface area (Å²) in [6, 6.07) is 4.06. The molecule has 2 rings (SSSR count). The number of hydrogen-bond donors (Lipinski definition) is 1. The average molecular weight is 334 g/mol. The monoisotopic (exact) mass is 334 g/mol. The van der Waals surface area contributed by atoms with E-state index in [1.165, 1.54) is 5.56 Å². The van der Waals surface area contributed by atoms with Crippen LogP contribution in [0.4, 0.5) is 0 Å². The summed E-state index contributed by atoms with van der Waals surface area (Å²) in [6.07, 6.45) is 4.09. The van der Waals surface area contributed by atoms with Crippen molar-refractivity contribution in [3.8, 4) is 0 Å². The number of rotatable bonds is 7. The van der Waals surface area contributed by atoms with Gasteiger partial charge in [0.15, 0.2) is 0 Å². The second kappa shape index (κ2) is 7.36. The Morgan fingerprint density at radius 2 is 2.13 bits per heavy atom. The van der Waals surface area contributed by atoms with Crippen molar-refractivity contribution in [1.29, 1.82) is 0 Å². The van der Waals surface area contributed by atoms with Gasteiger partial charge >= 0.3 is 0 Å². The number of amides is 1. The van der Waals surface area contributed by atoms with E-state index in [0.29, 0.717) is 18.8 Å². The third-order valence-electron chi connectivity index (χ3n) is 3.77. The third-order valence-corrected chi connectivity index (χ3v) is 4.72. The lowest BCUT2D eigenvalue weighted by Crippen LogP contribution is -2.40. The zero-order chi connectivity index (χ0) is 17.0. The maximum absolute atomic E-state index is 12.2. The number of carbonyl (C=O) groups excluding carboxylic acids is 1. The van der Waals surface area contributed by atoms with Crippen LogP contribution in [0.25, 0.3) is 5.65 Å². The van der Waals surface area contributed by atoms with Gasteiger partial charge in [-0.2, -0.15) is 0 Å². The number of aryl methyl sites for hydroxylation is 1. The predicted octanol–water partition coefficient (Wildman–Crippen LogP) is 2.32. The molecule has 2 aromatic heterocycles. The molecule has 0 aliphatic rings. The molecule has 0 radical (unpaired) electrons. The van der Waals surface area contributed by atoms with Gasteiger partial charge in [0.25, 0.3) is 0 Å². The molecule has 1 amide bonds. The summed E-state index contributed by atoms with van der Waals surface area (Å²) in [5.74, 6) is 1.33. The van der Waals surface area contributed by atoms with Crippen LogP contribution in [0.2, 0.25) is 0 Å². The Balaban J connectivity index is 1.84. The van der Waals surface area contributed by atoms with Crippen LogP contribution in [0.5, 0.6) is 0 Å². The number of thioether (sulfide) groups is 1. The Bertz CT molecular complexity index is 680. The highest BCUT2D eigenvalue weighted by Gasteiger charge is 2.21. The highest BCUT2D eigenvalue weighted by atomic mass is 32.2. The number of nitrogens with zero attached hydrogens (tertiary/aromatic N) is 3. The molecule has 2 N–H and O–H groups in total. The van der Waals surface area contributed by atoms with Crippen molar-refractivity contribution < 1.29 is 4.79 Å². The molecule has 2 aromatic rings. The fourth-order valence-corrected chi connectivity index (χ4v) is 3.22. The van der Waals surface area contributed by atoms with Crippen molar-refractivity contribution in [2.75, 3.05) is 25.9 Å². The molecule has 0 bridgehead atoms. The van der Waals surface area contributed by atoms with Crippen LogP contribution in [0, 0.1) is 12.3 Å². The summed E-state index contributed by atoms with van der Waals surface area (Å²) in [5.41, 5.74) is 8.82. The van der Waals surface area contributed by atoms with E-state index in [2.05, 4.69) is 38.0 Å². The van der Waals surface area contributed by atoms with Gasteiger partial charge in [0.2, 0.25) is 5.91 Å². The minimum absolute atomic E-state index is 0.0471. The van der Waals surface area contributed by atoms with E-state index >= 15 is 0 Å². The number of pyridine rings is 1. The molecule has 0 aromatic carbocycles. The molecule has 0 saturated heterocycles. The van der Waals surface area contributed by atoms with E-state index < -0.39 is 0 Å². The van der Waals surface area contributed by atoms with Crippen molar-refractivity contribution >= 4 is 23.3 Å². The van der Waals surface area contributed by atoms with Crippen LogP contribution in [0.3, 0.4) is 0 Å². The molecule has 0 aliphatic carbocycles. The molecule has 0 unspecified atom stereocenters.